The van der Waals surface area contributed by atoms with Crippen LogP contribution in [0.15, 0.2) is 36.5 Å². The number of amides is 1. The summed E-state index contributed by atoms with van der Waals surface area (Å²) >= 11 is 0. The van der Waals surface area contributed by atoms with Crippen LogP contribution in [0.1, 0.15) is 22.9 Å². The maximum absolute atomic E-state index is 12.5. The molecule has 0 saturated carbocycles. The minimum Gasteiger partial charge on any atom is -0.493 e. The molecule has 1 aliphatic heterocycles. The number of nitrogens with one attached hydrogen (secondary N) is 1. The highest BCUT2D eigenvalue weighted by Crippen LogP contribution is 2.40. The van der Waals surface area contributed by atoms with Crippen molar-refractivity contribution in [2.75, 3.05) is 27.9 Å². The molecule has 2 aromatic heterocycles. The summed E-state index contributed by atoms with van der Waals surface area (Å²) in [6.07, 6.45) is 2.13. The van der Waals surface area contributed by atoms with Crippen LogP contribution in [0.4, 0.5) is 4.79 Å². The van der Waals surface area contributed by atoms with Crippen molar-refractivity contribution in [1.29, 1.82) is 0 Å². The number of hydrogen-bond donors (Lipinski definition) is 1. The van der Waals surface area contributed by atoms with Crippen LogP contribution in [0.5, 0.6) is 11.5 Å². The summed E-state index contributed by atoms with van der Waals surface area (Å²) in [7, 11) is 4.59. The Morgan fingerprint density at radius 1 is 1.19 bits per heavy atom. The summed E-state index contributed by atoms with van der Waals surface area (Å²) in [4.78, 5) is 22.0. The Kier molecular flexibility index (Phi) is 4.35. The first-order valence-corrected chi connectivity index (χ1v) is 8.70. The molecule has 0 spiro atoms. The maximum Gasteiger partial charge on any atom is 0.410 e. The van der Waals surface area contributed by atoms with Gasteiger partial charge in [-0.05, 0) is 41.8 Å². The normalized spacial score (nSPS) is 16.1. The molecule has 27 heavy (non-hydrogen) atoms. The quantitative estimate of drug-likeness (QED) is 0.769. The fourth-order valence-electron chi connectivity index (χ4n) is 3.80. The number of pyridine rings is 1. The predicted molar refractivity (Wildman–Crippen MR) is 100 cm³/mol. The zero-order chi connectivity index (χ0) is 19.0. The molecular formula is C20H21N3O4. The SMILES string of the molecule is COC(=O)N1CCc2c([nH]c3ncccc23)C1c1ccc(OC)c(OC)c1. The first-order chi connectivity index (χ1) is 13.2. The summed E-state index contributed by atoms with van der Waals surface area (Å²) in [6, 6.07) is 9.34. The van der Waals surface area contributed by atoms with Crippen LogP contribution in [0.3, 0.4) is 0 Å². The van der Waals surface area contributed by atoms with Gasteiger partial charge in [-0.15, -0.1) is 0 Å². The van der Waals surface area contributed by atoms with E-state index in [1.165, 1.54) is 12.7 Å². The minimum atomic E-state index is -0.368. The third-order valence-electron chi connectivity index (χ3n) is 5.03. The highest BCUT2D eigenvalue weighted by Gasteiger charge is 2.35. The molecule has 0 aliphatic carbocycles. The average Bonchev–Trinajstić information content (AvgIpc) is 3.10. The third kappa shape index (κ3) is 2.75. The minimum absolute atomic E-state index is 0.324. The number of fused-ring (bicyclic) bond motifs is 3. The number of ether oxygens (including phenoxy) is 3. The second-order valence-electron chi connectivity index (χ2n) is 6.35. The van der Waals surface area contributed by atoms with Gasteiger partial charge in [-0.1, -0.05) is 6.07 Å². The molecular weight excluding hydrogens is 346 g/mol. The summed E-state index contributed by atoms with van der Waals surface area (Å²) in [5.74, 6) is 1.25. The lowest BCUT2D eigenvalue weighted by molar-refractivity contribution is 0.108. The lowest BCUT2D eigenvalue weighted by Crippen LogP contribution is -2.40. The van der Waals surface area contributed by atoms with E-state index in [-0.39, 0.29) is 12.1 Å². The standard InChI is InChI=1S/C20H21N3O4/c1-25-15-7-6-12(11-16(15)26-2)18-17-13(8-10-23(18)20(24)27-3)14-5-4-9-21-19(14)22-17/h4-7,9,11,18H,8,10H2,1-3H3,(H,21,22). The van der Waals surface area contributed by atoms with Crippen LogP contribution in [0, 0.1) is 0 Å². The van der Waals surface area contributed by atoms with Crippen molar-refractivity contribution in [3.8, 4) is 11.5 Å². The third-order valence-corrected chi connectivity index (χ3v) is 5.03. The van der Waals surface area contributed by atoms with Crippen molar-refractivity contribution in [3.63, 3.8) is 0 Å². The molecule has 7 heteroatoms. The van der Waals surface area contributed by atoms with E-state index in [9.17, 15) is 4.79 Å². The van der Waals surface area contributed by atoms with E-state index in [0.29, 0.717) is 18.0 Å². The number of carbonyl (C=O) groups excluding carboxylic acids is 1. The van der Waals surface area contributed by atoms with Gasteiger partial charge in [0.25, 0.3) is 0 Å². The number of rotatable bonds is 3. The molecule has 0 fully saturated rings. The Morgan fingerprint density at radius 2 is 2.00 bits per heavy atom. The molecule has 1 unspecified atom stereocenters. The van der Waals surface area contributed by atoms with Gasteiger partial charge in [-0.3, -0.25) is 4.90 Å². The Hall–Kier alpha value is -3.22. The van der Waals surface area contributed by atoms with Gasteiger partial charge in [0, 0.05) is 23.8 Å². The lowest BCUT2D eigenvalue weighted by atomic mass is 9.92. The summed E-state index contributed by atoms with van der Waals surface area (Å²) in [5, 5.41) is 1.09. The highest BCUT2D eigenvalue weighted by molar-refractivity contribution is 5.83. The highest BCUT2D eigenvalue weighted by atomic mass is 16.5. The number of aromatic amines is 1. The summed E-state index contributed by atoms with van der Waals surface area (Å²) in [6.45, 7) is 0.556. The van der Waals surface area contributed by atoms with E-state index in [0.717, 1.165) is 28.7 Å². The number of hydrogen-bond acceptors (Lipinski definition) is 5. The van der Waals surface area contributed by atoms with Crippen LogP contribution in [-0.4, -0.2) is 48.8 Å². The first-order valence-electron chi connectivity index (χ1n) is 8.70. The van der Waals surface area contributed by atoms with Gasteiger partial charge in [-0.25, -0.2) is 9.78 Å². The molecule has 7 nitrogen and oxygen atoms in total. The van der Waals surface area contributed by atoms with Crippen LogP contribution in [0.2, 0.25) is 0 Å². The van der Waals surface area contributed by atoms with Crippen molar-refractivity contribution < 1.29 is 19.0 Å². The van der Waals surface area contributed by atoms with Gasteiger partial charge in [0.05, 0.1) is 21.3 Å². The van der Waals surface area contributed by atoms with Crippen molar-refractivity contribution in [1.82, 2.24) is 14.9 Å². The molecule has 1 amide bonds. The van der Waals surface area contributed by atoms with E-state index in [1.807, 2.05) is 24.3 Å². The number of H-pyrrole nitrogens is 1. The molecule has 1 N–H and O–H groups in total. The van der Waals surface area contributed by atoms with E-state index in [4.69, 9.17) is 14.2 Å². The largest absolute Gasteiger partial charge is 0.493 e. The Labute approximate surface area is 156 Å². The molecule has 1 aromatic carbocycles. The molecule has 1 atom stereocenters. The van der Waals surface area contributed by atoms with E-state index < -0.39 is 0 Å². The molecule has 3 aromatic rings. The van der Waals surface area contributed by atoms with Gasteiger partial charge < -0.3 is 19.2 Å². The van der Waals surface area contributed by atoms with Crippen molar-refractivity contribution in [2.45, 2.75) is 12.5 Å². The number of methoxy groups -OCH3 is 3. The van der Waals surface area contributed by atoms with Crippen molar-refractivity contribution in [2.24, 2.45) is 0 Å². The van der Waals surface area contributed by atoms with E-state index in [1.54, 1.807) is 25.3 Å². The topological polar surface area (TPSA) is 76.7 Å². The van der Waals surface area contributed by atoms with Gasteiger partial charge in [0.1, 0.15) is 11.7 Å². The zero-order valence-electron chi connectivity index (χ0n) is 15.5. The second-order valence-corrected chi connectivity index (χ2v) is 6.35. The number of carbonyl (C=O) groups is 1. The van der Waals surface area contributed by atoms with Crippen molar-refractivity contribution >= 4 is 17.1 Å². The van der Waals surface area contributed by atoms with Crippen LogP contribution >= 0.6 is 0 Å². The zero-order valence-corrected chi connectivity index (χ0v) is 15.5. The molecule has 4 rings (SSSR count). The fraction of sp³-hybridized carbons (Fsp3) is 0.300. The second kappa shape index (κ2) is 6.83. The monoisotopic (exact) mass is 367 g/mol. The molecule has 0 saturated heterocycles. The first kappa shape index (κ1) is 17.2. The fourth-order valence-corrected chi connectivity index (χ4v) is 3.80. The number of benzene rings is 1. The van der Waals surface area contributed by atoms with Gasteiger partial charge >= 0.3 is 6.09 Å². The Balaban J connectivity index is 1.90. The number of aromatic nitrogens is 2. The van der Waals surface area contributed by atoms with E-state index in [2.05, 4.69) is 16.0 Å². The Morgan fingerprint density at radius 3 is 2.74 bits per heavy atom. The van der Waals surface area contributed by atoms with Gasteiger partial charge in [-0.2, -0.15) is 0 Å². The van der Waals surface area contributed by atoms with Crippen LogP contribution < -0.4 is 9.47 Å². The molecule has 140 valence electrons. The van der Waals surface area contributed by atoms with Crippen LogP contribution in [-0.2, 0) is 11.2 Å². The van der Waals surface area contributed by atoms with Crippen LogP contribution in [0.25, 0.3) is 11.0 Å². The van der Waals surface area contributed by atoms with Gasteiger partial charge in [0.15, 0.2) is 11.5 Å². The van der Waals surface area contributed by atoms with E-state index >= 15 is 0 Å². The van der Waals surface area contributed by atoms with Crippen molar-refractivity contribution in [3.05, 3.63) is 53.3 Å². The molecule has 3 heterocycles. The van der Waals surface area contributed by atoms with Gasteiger partial charge in [0.2, 0.25) is 0 Å². The molecule has 0 radical (unpaired) electrons. The maximum atomic E-state index is 12.5. The average molecular weight is 367 g/mol. The number of nitrogens with zero attached hydrogens (tertiary/aromatic N) is 2. The predicted octanol–water partition coefficient (Wildman–Crippen LogP) is 3.29. The smallest absolute Gasteiger partial charge is 0.410 e. The Bertz CT molecular complexity index is 998. The molecule has 1 aliphatic rings. The molecule has 0 bridgehead atoms. The lowest BCUT2D eigenvalue weighted by Gasteiger charge is -2.35. The summed E-state index contributed by atoms with van der Waals surface area (Å²) < 4.78 is 15.8. The summed E-state index contributed by atoms with van der Waals surface area (Å²) in [5.41, 5.74) is 3.86.